The molecule has 25 heavy (non-hydrogen) atoms. The summed E-state index contributed by atoms with van der Waals surface area (Å²) in [5.74, 6) is -2.09. The van der Waals surface area contributed by atoms with Gasteiger partial charge in [-0.25, -0.2) is 0 Å². The van der Waals surface area contributed by atoms with E-state index < -0.39 is 5.92 Å². The molecule has 0 atom stereocenters. The van der Waals surface area contributed by atoms with Crippen LogP contribution in [0, 0.1) is 5.92 Å². The smallest absolute Gasteiger partial charge is 0.197 e. The number of hydrogen-bond donors (Lipinski definition) is 0. The van der Waals surface area contributed by atoms with Crippen molar-refractivity contribution in [3.05, 3.63) is 94.6 Å². The van der Waals surface area contributed by atoms with Crippen LogP contribution in [-0.2, 0) is 0 Å². The van der Waals surface area contributed by atoms with E-state index >= 15 is 0 Å². The van der Waals surface area contributed by atoms with Crippen LogP contribution in [0.4, 0.5) is 0 Å². The second kappa shape index (κ2) is 5.60. The fraction of sp³-hybridized carbons (Fsp3) is 0.0476. The van der Waals surface area contributed by atoms with Crippen LogP contribution in [0.15, 0.2) is 72.3 Å². The normalized spacial score (nSPS) is 16.7. The molecule has 4 heteroatoms. The van der Waals surface area contributed by atoms with E-state index in [-0.39, 0.29) is 28.7 Å². The van der Waals surface area contributed by atoms with Crippen LogP contribution < -0.4 is 0 Å². The first-order chi connectivity index (χ1) is 12.1. The van der Waals surface area contributed by atoms with Crippen molar-refractivity contribution in [2.45, 2.75) is 0 Å². The maximum absolute atomic E-state index is 12.3. The molecule has 0 heterocycles. The van der Waals surface area contributed by atoms with Gasteiger partial charge < -0.3 is 0 Å². The van der Waals surface area contributed by atoms with Gasteiger partial charge in [0.15, 0.2) is 23.1 Å². The average Bonchev–Trinajstić information content (AvgIpc) is 3.03. The predicted molar refractivity (Wildman–Crippen MR) is 90.9 cm³/mol. The maximum atomic E-state index is 12.3. The van der Waals surface area contributed by atoms with E-state index in [1.54, 1.807) is 48.5 Å². The molecule has 0 amide bonds. The summed E-state index contributed by atoms with van der Waals surface area (Å²) in [4.78, 5) is 49.2. The second-order valence-electron chi connectivity index (χ2n) is 5.92. The highest BCUT2D eigenvalue weighted by molar-refractivity contribution is 6.39. The van der Waals surface area contributed by atoms with Gasteiger partial charge in [0, 0.05) is 22.3 Å². The van der Waals surface area contributed by atoms with Crippen molar-refractivity contribution in [1.82, 2.24) is 0 Å². The SMILES string of the molecule is O=C1C(=CC=CC2C(=O)c3ccccc3C2=O)C(=O)c2ccccc21. The first kappa shape index (κ1) is 15.1. The van der Waals surface area contributed by atoms with Gasteiger partial charge in [-0.1, -0.05) is 60.7 Å². The fourth-order valence-electron chi connectivity index (χ4n) is 3.23. The number of hydrogen-bond acceptors (Lipinski definition) is 4. The minimum Gasteiger partial charge on any atom is -0.293 e. The van der Waals surface area contributed by atoms with Gasteiger partial charge in [0.05, 0.1) is 5.57 Å². The van der Waals surface area contributed by atoms with Gasteiger partial charge in [0.25, 0.3) is 0 Å². The van der Waals surface area contributed by atoms with Crippen molar-refractivity contribution < 1.29 is 19.2 Å². The Labute approximate surface area is 143 Å². The van der Waals surface area contributed by atoms with Crippen molar-refractivity contribution in [2.24, 2.45) is 5.92 Å². The Morgan fingerprint density at radius 2 is 1.08 bits per heavy atom. The number of Topliss-reactive ketones (excluding diaryl/α,β-unsaturated/α-hetero) is 4. The molecule has 2 aliphatic carbocycles. The first-order valence-corrected chi connectivity index (χ1v) is 7.84. The summed E-state index contributed by atoms with van der Waals surface area (Å²) in [6.07, 6.45) is 4.28. The zero-order valence-corrected chi connectivity index (χ0v) is 13.1. The van der Waals surface area contributed by atoms with Gasteiger partial charge in [-0.3, -0.25) is 19.2 Å². The number of ketones is 4. The van der Waals surface area contributed by atoms with E-state index in [0.29, 0.717) is 22.3 Å². The van der Waals surface area contributed by atoms with Gasteiger partial charge in [-0.2, -0.15) is 0 Å². The van der Waals surface area contributed by atoms with Crippen LogP contribution in [0.3, 0.4) is 0 Å². The molecular weight excluding hydrogens is 316 g/mol. The minimum atomic E-state index is -0.900. The summed E-state index contributed by atoms with van der Waals surface area (Å²) in [6.45, 7) is 0. The Balaban J connectivity index is 1.62. The molecule has 2 aromatic rings. The lowest BCUT2D eigenvalue weighted by molar-refractivity contribution is 0.0869. The molecule has 0 N–H and O–H groups in total. The third-order valence-electron chi connectivity index (χ3n) is 4.49. The van der Waals surface area contributed by atoms with E-state index in [2.05, 4.69) is 0 Å². The van der Waals surface area contributed by atoms with E-state index in [1.807, 2.05) is 0 Å². The molecular formula is C21H12O4. The van der Waals surface area contributed by atoms with E-state index in [0.717, 1.165) is 0 Å². The Morgan fingerprint density at radius 1 is 0.640 bits per heavy atom. The quantitative estimate of drug-likeness (QED) is 0.482. The molecule has 0 saturated carbocycles. The molecule has 0 radical (unpaired) electrons. The monoisotopic (exact) mass is 328 g/mol. The molecule has 4 nitrogen and oxygen atoms in total. The molecule has 0 spiro atoms. The third-order valence-corrected chi connectivity index (χ3v) is 4.49. The van der Waals surface area contributed by atoms with E-state index in [9.17, 15) is 19.2 Å². The summed E-state index contributed by atoms with van der Waals surface area (Å²) >= 11 is 0. The summed E-state index contributed by atoms with van der Waals surface area (Å²) in [7, 11) is 0. The molecule has 0 aliphatic heterocycles. The number of benzene rings is 2. The van der Waals surface area contributed by atoms with Gasteiger partial charge in [0.1, 0.15) is 5.92 Å². The van der Waals surface area contributed by atoms with Crippen LogP contribution in [0.25, 0.3) is 0 Å². The van der Waals surface area contributed by atoms with Crippen molar-refractivity contribution in [2.75, 3.05) is 0 Å². The number of carbonyl (C=O) groups is 4. The van der Waals surface area contributed by atoms with Crippen LogP contribution >= 0.6 is 0 Å². The molecule has 120 valence electrons. The Kier molecular flexibility index (Phi) is 3.39. The van der Waals surface area contributed by atoms with Crippen molar-refractivity contribution in [3.8, 4) is 0 Å². The summed E-state index contributed by atoms with van der Waals surface area (Å²) in [6, 6.07) is 13.3. The highest BCUT2D eigenvalue weighted by Crippen LogP contribution is 2.28. The van der Waals surface area contributed by atoms with Crippen LogP contribution in [-0.4, -0.2) is 23.1 Å². The largest absolute Gasteiger partial charge is 0.293 e. The molecule has 2 aromatic carbocycles. The standard InChI is InChI=1S/C21H12O4/c22-18-12-6-1-2-7-13(12)19(23)16(18)10-5-11-17-20(24)14-8-3-4-9-15(14)21(17)25/h1-11,16H. The third kappa shape index (κ3) is 2.22. The highest BCUT2D eigenvalue weighted by Gasteiger charge is 2.36. The average molecular weight is 328 g/mol. The number of carbonyl (C=O) groups excluding carboxylic acids is 4. The van der Waals surface area contributed by atoms with Crippen molar-refractivity contribution >= 4 is 23.1 Å². The Morgan fingerprint density at radius 3 is 1.56 bits per heavy atom. The zero-order chi connectivity index (χ0) is 17.6. The fourth-order valence-corrected chi connectivity index (χ4v) is 3.23. The van der Waals surface area contributed by atoms with Gasteiger partial charge in [-0.05, 0) is 6.08 Å². The minimum absolute atomic E-state index is 0.0489. The summed E-state index contributed by atoms with van der Waals surface area (Å²) < 4.78 is 0. The summed E-state index contributed by atoms with van der Waals surface area (Å²) in [5.41, 5.74) is 1.64. The topological polar surface area (TPSA) is 68.3 Å². The highest BCUT2D eigenvalue weighted by atomic mass is 16.2. The summed E-state index contributed by atoms with van der Waals surface area (Å²) in [5, 5.41) is 0. The first-order valence-electron chi connectivity index (χ1n) is 7.84. The van der Waals surface area contributed by atoms with Crippen LogP contribution in [0.2, 0.25) is 0 Å². The van der Waals surface area contributed by atoms with Crippen molar-refractivity contribution in [1.29, 1.82) is 0 Å². The number of allylic oxidation sites excluding steroid dienone is 4. The lowest BCUT2D eigenvalue weighted by Crippen LogP contribution is -2.11. The lowest BCUT2D eigenvalue weighted by Gasteiger charge is -1.97. The second-order valence-corrected chi connectivity index (χ2v) is 5.92. The lowest BCUT2D eigenvalue weighted by atomic mass is 10.0. The molecule has 0 aromatic heterocycles. The van der Waals surface area contributed by atoms with Gasteiger partial charge in [0.2, 0.25) is 0 Å². The van der Waals surface area contributed by atoms with Gasteiger partial charge >= 0.3 is 0 Å². The molecule has 0 fully saturated rings. The Bertz CT molecular complexity index is 952. The molecule has 0 unspecified atom stereocenters. The zero-order valence-electron chi connectivity index (χ0n) is 13.1. The molecule has 0 saturated heterocycles. The Hall–Kier alpha value is -3.40. The van der Waals surface area contributed by atoms with Crippen LogP contribution in [0.1, 0.15) is 41.4 Å². The van der Waals surface area contributed by atoms with E-state index in [1.165, 1.54) is 18.2 Å². The maximum Gasteiger partial charge on any atom is 0.197 e. The number of rotatable bonds is 2. The predicted octanol–water partition coefficient (Wildman–Crippen LogP) is 3.24. The molecule has 4 rings (SSSR count). The molecule has 2 aliphatic rings. The van der Waals surface area contributed by atoms with Crippen LogP contribution in [0.5, 0.6) is 0 Å². The van der Waals surface area contributed by atoms with E-state index in [4.69, 9.17) is 0 Å². The molecule has 0 bridgehead atoms. The van der Waals surface area contributed by atoms with Crippen molar-refractivity contribution in [3.63, 3.8) is 0 Å². The van der Waals surface area contributed by atoms with Gasteiger partial charge in [-0.15, -0.1) is 0 Å². The number of fused-ring (bicyclic) bond motifs is 2.